The van der Waals surface area contributed by atoms with E-state index in [-0.39, 0.29) is 18.1 Å². The van der Waals surface area contributed by atoms with Crippen LogP contribution >= 0.6 is 0 Å². The third kappa shape index (κ3) is 5.18. The van der Waals surface area contributed by atoms with Crippen molar-refractivity contribution < 1.29 is 18.8 Å². The summed E-state index contributed by atoms with van der Waals surface area (Å²) in [4.78, 5) is 12.9. The van der Waals surface area contributed by atoms with Gasteiger partial charge in [-0.3, -0.25) is 4.79 Å². The molecule has 0 saturated heterocycles. The van der Waals surface area contributed by atoms with Crippen LogP contribution in [0, 0.1) is 5.82 Å². The van der Waals surface area contributed by atoms with E-state index in [1.807, 2.05) is 37.4 Å². The Morgan fingerprint density at radius 2 is 1.82 bits per heavy atom. The first-order chi connectivity index (χ1) is 10.6. The molecule has 2 rings (SSSR count). The fourth-order valence-electron chi connectivity index (χ4n) is 1.98. The van der Waals surface area contributed by atoms with Crippen LogP contribution in [0.2, 0.25) is 0 Å². The second-order valence-electron chi connectivity index (χ2n) is 5.07. The number of amides is 1. The van der Waals surface area contributed by atoms with Crippen LogP contribution in [0.1, 0.15) is 0 Å². The molecule has 2 N–H and O–H groups in total. The molecule has 1 unspecified atom stereocenters. The van der Waals surface area contributed by atoms with Crippen LogP contribution in [0.15, 0.2) is 54.6 Å². The summed E-state index contributed by atoms with van der Waals surface area (Å²) in [6, 6.07) is 15.7. The summed E-state index contributed by atoms with van der Waals surface area (Å²) in [7, 11) is 1.90. The number of hydrogen-bond donors (Lipinski definition) is 2. The predicted octanol–water partition coefficient (Wildman–Crippen LogP) is 1.36. The minimum Gasteiger partial charge on any atom is -0.488 e. The number of nitrogens with one attached hydrogen (secondary N) is 2. The van der Waals surface area contributed by atoms with Crippen LogP contribution < -0.4 is 15.0 Å². The zero-order valence-electron chi connectivity index (χ0n) is 12.5. The first-order valence-corrected chi connectivity index (χ1v) is 7.18. The number of para-hydroxylation sites is 2. The van der Waals surface area contributed by atoms with Crippen LogP contribution in [0.3, 0.4) is 0 Å². The van der Waals surface area contributed by atoms with Gasteiger partial charge >= 0.3 is 0 Å². The number of anilines is 1. The molecule has 1 amide bonds. The van der Waals surface area contributed by atoms with Crippen molar-refractivity contribution in [2.45, 2.75) is 0 Å². The van der Waals surface area contributed by atoms with E-state index in [0.717, 1.165) is 10.6 Å². The summed E-state index contributed by atoms with van der Waals surface area (Å²) in [6.07, 6.45) is 0. The highest BCUT2D eigenvalue weighted by Crippen LogP contribution is 2.11. The molecule has 2 aromatic rings. The van der Waals surface area contributed by atoms with Gasteiger partial charge in [0, 0.05) is 0 Å². The number of ether oxygens (including phenoxy) is 1. The van der Waals surface area contributed by atoms with Crippen molar-refractivity contribution in [3.63, 3.8) is 0 Å². The van der Waals surface area contributed by atoms with E-state index in [1.54, 1.807) is 18.2 Å². The fraction of sp³-hybridized carbons (Fsp3) is 0.235. The molecule has 0 aliphatic heterocycles. The summed E-state index contributed by atoms with van der Waals surface area (Å²) in [6.45, 7) is 1.45. The second kappa shape index (κ2) is 8.14. The Labute approximate surface area is 129 Å². The van der Waals surface area contributed by atoms with Crippen molar-refractivity contribution in [2.75, 3.05) is 32.1 Å². The smallest absolute Gasteiger partial charge is 0.279 e. The Morgan fingerprint density at radius 3 is 2.55 bits per heavy atom. The predicted molar refractivity (Wildman–Crippen MR) is 83.6 cm³/mol. The van der Waals surface area contributed by atoms with Crippen molar-refractivity contribution in [3.05, 3.63) is 60.4 Å². The number of carbonyl (C=O) groups excluding carboxylic acids is 1. The van der Waals surface area contributed by atoms with Gasteiger partial charge in [0.15, 0.2) is 6.54 Å². The Hall–Kier alpha value is -2.40. The number of quaternary nitrogens is 1. The lowest BCUT2D eigenvalue weighted by Crippen LogP contribution is -3.10. The van der Waals surface area contributed by atoms with E-state index in [0.29, 0.717) is 13.2 Å². The quantitative estimate of drug-likeness (QED) is 0.811. The summed E-state index contributed by atoms with van der Waals surface area (Å²) < 4.78 is 19.0. The molecule has 1 atom stereocenters. The van der Waals surface area contributed by atoms with Gasteiger partial charge in [0.1, 0.15) is 24.7 Å². The zero-order chi connectivity index (χ0) is 15.8. The molecule has 22 heavy (non-hydrogen) atoms. The first kappa shape index (κ1) is 16.0. The molecule has 0 fully saturated rings. The molecule has 0 spiro atoms. The molecule has 0 radical (unpaired) electrons. The van der Waals surface area contributed by atoms with Crippen molar-refractivity contribution in [3.8, 4) is 5.75 Å². The van der Waals surface area contributed by atoms with Crippen molar-refractivity contribution in [2.24, 2.45) is 0 Å². The van der Waals surface area contributed by atoms with Crippen LogP contribution in [-0.2, 0) is 4.79 Å². The highest BCUT2D eigenvalue weighted by atomic mass is 19.1. The minimum absolute atomic E-state index is 0.209. The molecule has 0 saturated carbocycles. The number of benzene rings is 2. The van der Waals surface area contributed by atoms with Gasteiger partial charge < -0.3 is 15.0 Å². The van der Waals surface area contributed by atoms with Gasteiger partial charge in [-0.1, -0.05) is 30.3 Å². The molecular formula is C17H20FN2O2+. The standard InChI is InChI=1S/C17H19FN2O2/c1-20(11-12-22-14-7-3-2-4-8-14)13-17(21)19-16-10-6-5-9-15(16)18/h2-10H,11-13H2,1H3,(H,19,21)/p+1. The minimum atomic E-state index is -0.430. The van der Waals surface area contributed by atoms with Gasteiger partial charge in [-0.15, -0.1) is 0 Å². The van der Waals surface area contributed by atoms with E-state index in [9.17, 15) is 9.18 Å². The van der Waals surface area contributed by atoms with Gasteiger partial charge in [-0.2, -0.15) is 0 Å². The fourth-order valence-corrected chi connectivity index (χ4v) is 1.98. The van der Waals surface area contributed by atoms with E-state index in [4.69, 9.17) is 4.74 Å². The highest BCUT2D eigenvalue weighted by Gasteiger charge is 2.12. The summed E-state index contributed by atoms with van der Waals surface area (Å²) in [5.74, 6) is 0.161. The third-order valence-electron chi connectivity index (χ3n) is 3.15. The lowest BCUT2D eigenvalue weighted by molar-refractivity contribution is -0.871. The Bertz CT molecular complexity index is 605. The Balaban J connectivity index is 1.71. The maximum absolute atomic E-state index is 13.4. The van der Waals surface area contributed by atoms with E-state index in [2.05, 4.69) is 5.32 Å². The Morgan fingerprint density at radius 1 is 1.14 bits per heavy atom. The SMILES string of the molecule is C[NH+](CCOc1ccccc1)CC(=O)Nc1ccccc1F. The normalized spacial score (nSPS) is 11.7. The molecule has 0 aliphatic rings. The second-order valence-corrected chi connectivity index (χ2v) is 5.07. The van der Waals surface area contributed by atoms with Crippen LogP contribution in [0.5, 0.6) is 5.75 Å². The lowest BCUT2D eigenvalue weighted by atomic mass is 10.3. The van der Waals surface area contributed by atoms with Gasteiger partial charge in [-0.05, 0) is 24.3 Å². The van der Waals surface area contributed by atoms with E-state index < -0.39 is 5.82 Å². The molecule has 116 valence electrons. The van der Waals surface area contributed by atoms with Crippen LogP contribution in [-0.4, -0.2) is 32.7 Å². The molecule has 0 aliphatic carbocycles. The maximum atomic E-state index is 13.4. The maximum Gasteiger partial charge on any atom is 0.279 e. The zero-order valence-corrected chi connectivity index (χ0v) is 12.5. The van der Waals surface area contributed by atoms with Crippen molar-refractivity contribution >= 4 is 11.6 Å². The number of hydrogen-bond acceptors (Lipinski definition) is 2. The largest absolute Gasteiger partial charge is 0.488 e. The molecular weight excluding hydrogens is 283 g/mol. The van der Waals surface area contributed by atoms with E-state index >= 15 is 0 Å². The van der Waals surface area contributed by atoms with Crippen molar-refractivity contribution in [1.29, 1.82) is 0 Å². The molecule has 0 heterocycles. The average molecular weight is 303 g/mol. The third-order valence-corrected chi connectivity index (χ3v) is 3.15. The monoisotopic (exact) mass is 303 g/mol. The molecule has 0 bridgehead atoms. The first-order valence-electron chi connectivity index (χ1n) is 7.18. The van der Waals surface area contributed by atoms with Crippen LogP contribution in [0.25, 0.3) is 0 Å². The molecule has 5 heteroatoms. The topological polar surface area (TPSA) is 42.8 Å². The molecule has 2 aromatic carbocycles. The van der Waals surface area contributed by atoms with Gasteiger partial charge in [-0.25, -0.2) is 4.39 Å². The van der Waals surface area contributed by atoms with E-state index in [1.165, 1.54) is 6.07 Å². The lowest BCUT2D eigenvalue weighted by Gasteiger charge is -2.14. The average Bonchev–Trinajstić information content (AvgIpc) is 2.50. The summed E-state index contributed by atoms with van der Waals surface area (Å²) in [5, 5.41) is 2.57. The number of halogens is 1. The molecule has 4 nitrogen and oxygen atoms in total. The van der Waals surface area contributed by atoms with Crippen molar-refractivity contribution in [1.82, 2.24) is 0 Å². The molecule has 0 aromatic heterocycles. The highest BCUT2D eigenvalue weighted by molar-refractivity contribution is 5.91. The van der Waals surface area contributed by atoms with Crippen LogP contribution in [0.4, 0.5) is 10.1 Å². The number of rotatable bonds is 7. The van der Waals surface area contributed by atoms with Gasteiger partial charge in [0.2, 0.25) is 0 Å². The summed E-state index contributed by atoms with van der Waals surface area (Å²) in [5.41, 5.74) is 0.209. The van der Waals surface area contributed by atoms with Gasteiger partial charge in [0.05, 0.1) is 12.7 Å². The van der Waals surface area contributed by atoms with Gasteiger partial charge in [0.25, 0.3) is 5.91 Å². The summed E-state index contributed by atoms with van der Waals surface area (Å²) >= 11 is 0. The number of carbonyl (C=O) groups is 1. The Kier molecular flexibility index (Phi) is 5.91. The number of likely N-dealkylation sites (N-methyl/N-ethyl adjacent to an activating group) is 1.